The van der Waals surface area contributed by atoms with Crippen molar-refractivity contribution in [2.75, 3.05) is 14.2 Å². The van der Waals surface area contributed by atoms with Crippen molar-refractivity contribution in [3.05, 3.63) is 22.9 Å². The topological polar surface area (TPSA) is 64.5 Å². The van der Waals surface area contributed by atoms with Gasteiger partial charge in [-0.05, 0) is 68.1 Å². The van der Waals surface area contributed by atoms with Gasteiger partial charge in [0.1, 0.15) is 0 Å². The van der Waals surface area contributed by atoms with Crippen LogP contribution in [0.15, 0.2) is 11.6 Å². The summed E-state index contributed by atoms with van der Waals surface area (Å²) in [6.07, 6.45) is 9.78. The predicted molar refractivity (Wildman–Crippen MR) is 107 cm³/mol. The third-order valence-corrected chi connectivity index (χ3v) is 8.76. The second-order valence-corrected chi connectivity index (χ2v) is 9.86. The zero-order valence-corrected chi connectivity index (χ0v) is 17.5. The van der Waals surface area contributed by atoms with Gasteiger partial charge < -0.3 is 14.6 Å². The van der Waals surface area contributed by atoms with E-state index in [1.807, 2.05) is 0 Å². The standard InChI is InChI=1S/C23H32N2O3/c1-22-9-7-14(26)11-13(22)5-6-15-17(22)8-10-23(2)18(15)12-16-19(23)24-21(28-4)25-20(16)27-3/h5,14-15,17-18,26H,6-12H2,1-4H3/t14-,15+,17-,18-,22-,23-/m0/s1. The van der Waals surface area contributed by atoms with Gasteiger partial charge in [-0.1, -0.05) is 25.5 Å². The van der Waals surface area contributed by atoms with Crippen molar-refractivity contribution < 1.29 is 14.6 Å². The quantitative estimate of drug-likeness (QED) is 0.785. The Morgan fingerprint density at radius 1 is 1.00 bits per heavy atom. The highest BCUT2D eigenvalue weighted by Crippen LogP contribution is 2.64. The fourth-order valence-corrected chi connectivity index (χ4v) is 7.21. The Balaban J connectivity index is 1.55. The fourth-order valence-electron chi connectivity index (χ4n) is 7.21. The van der Waals surface area contributed by atoms with Crippen LogP contribution in [0.4, 0.5) is 0 Å². The summed E-state index contributed by atoms with van der Waals surface area (Å²) in [6, 6.07) is 0.415. The first-order valence-corrected chi connectivity index (χ1v) is 10.8. The van der Waals surface area contributed by atoms with Crippen LogP contribution in [0, 0.1) is 23.2 Å². The number of fused-ring (bicyclic) bond motifs is 7. The molecule has 1 heterocycles. The molecule has 2 fully saturated rings. The summed E-state index contributed by atoms with van der Waals surface area (Å²) in [5.41, 5.74) is 4.18. The minimum absolute atomic E-state index is 0.0654. The summed E-state index contributed by atoms with van der Waals surface area (Å²) >= 11 is 0. The first kappa shape index (κ1) is 18.4. The second kappa shape index (κ2) is 6.19. The summed E-state index contributed by atoms with van der Waals surface area (Å²) in [4.78, 5) is 9.29. The van der Waals surface area contributed by atoms with Crippen LogP contribution in [0.1, 0.15) is 63.6 Å². The SMILES string of the molecule is COc1nc(OC)c2c(n1)[C@@]1(C)CC[C@H]3[C@@H](CC=C4C[C@@H](O)CC[C@@]43C)[C@@H]1C2. The molecule has 0 radical (unpaired) electrons. The van der Waals surface area contributed by atoms with E-state index in [-0.39, 0.29) is 16.9 Å². The number of allylic oxidation sites excluding steroid dienone is 1. The third kappa shape index (κ3) is 2.35. The molecule has 152 valence electrons. The predicted octanol–water partition coefficient (Wildman–Crippen LogP) is 3.83. The van der Waals surface area contributed by atoms with E-state index < -0.39 is 0 Å². The molecule has 5 rings (SSSR count). The summed E-state index contributed by atoms with van der Waals surface area (Å²) in [5, 5.41) is 10.2. The van der Waals surface area contributed by atoms with E-state index in [0.29, 0.717) is 29.6 Å². The molecule has 0 saturated heterocycles. The molecule has 28 heavy (non-hydrogen) atoms. The normalized spacial score (nSPS) is 41.2. The lowest BCUT2D eigenvalue weighted by Gasteiger charge is -2.57. The van der Waals surface area contributed by atoms with Gasteiger partial charge in [0, 0.05) is 11.0 Å². The number of rotatable bonds is 2. The molecule has 0 spiro atoms. The molecule has 5 nitrogen and oxygen atoms in total. The van der Waals surface area contributed by atoms with Crippen molar-refractivity contribution in [2.24, 2.45) is 23.2 Å². The molecule has 1 aromatic rings. The zero-order chi connectivity index (χ0) is 19.7. The third-order valence-electron chi connectivity index (χ3n) is 8.76. The first-order chi connectivity index (χ1) is 13.4. The highest BCUT2D eigenvalue weighted by Gasteiger charge is 2.58. The lowest BCUT2D eigenvalue weighted by Crippen LogP contribution is -2.51. The molecule has 0 aliphatic heterocycles. The molecule has 4 aliphatic carbocycles. The number of hydrogen-bond acceptors (Lipinski definition) is 5. The number of aliphatic hydroxyl groups excluding tert-OH is 1. The molecular formula is C23H32N2O3. The van der Waals surface area contributed by atoms with Gasteiger partial charge in [-0.25, -0.2) is 0 Å². The van der Waals surface area contributed by atoms with Crippen LogP contribution in [-0.4, -0.2) is 35.4 Å². The number of aromatic nitrogens is 2. The van der Waals surface area contributed by atoms with E-state index in [2.05, 4.69) is 24.9 Å². The first-order valence-electron chi connectivity index (χ1n) is 10.8. The highest BCUT2D eigenvalue weighted by atomic mass is 16.5. The molecule has 4 aliphatic rings. The second-order valence-electron chi connectivity index (χ2n) is 9.86. The van der Waals surface area contributed by atoms with Crippen molar-refractivity contribution in [1.29, 1.82) is 0 Å². The van der Waals surface area contributed by atoms with Gasteiger partial charge in [0.2, 0.25) is 5.88 Å². The van der Waals surface area contributed by atoms with Crippen LogP contribution in [0.5, 0.6) is 11.9 Å². The van der Waals surface area contributed by atoms with E-state index >= 15 is 0 Å². The lowest BCUT2D eigenvalue weighted by atomic mass is 9.48. The molecule has 1 aromatic heterocycles. The molecular weight excluding hydrogens is 352 g/mol. The van der Waals surface area contributed by atoms with Gasteiger partial charge in [-0.2, -0.15) is 9.97 Å². The van der Waals surface area contributed by atoms with Gasteiger partial charge in [0.05, 0.1) is 26.0 Å². The summed E-state index contributed by atoms with van der Waals surface area (Å²) < 4.78 is 11.0. The number of methoxy groups -OCH3 is 2. The van der Waals surface area contributed by atoms with Crippen molar-refractivity contribution in [3.63, 3.8) is 0 Å². The minimum atomic E-state index is -0.146. The van der Waals surface area contributed by atoms with E-state index in [1.165, 1.54) is 17.6 Å². The Morgan fingerprint density at radius 3 is 2.54 bits per heavy atom. The van der Waals surface area contributed by atoms with Crippen LogP contribution in [0.2, 0.25) is 0 Å². The summed E-state index contributed by atoms with van der Waals surface area (Å²) in [7, 11) is 3.32. The van der Waals surface area contributed by atoms with Crippen molar-refractivity contribution >= 4 is 0 Å². The molecule has 0 aromatic carbocycles. The Hall–Kier alpha value is -1.62. The van der Waals surface area contributed by atoms with E-state index in [9.17, 15) is 5.11 Å². The number of ether oxygens (including phenoxy) is 2. The smallest absolute Gasteiger partial charge is 0.319 e. The maximum absolute atomic E-state index is 10.2. The summed E-state index contributed by atoms with van der Waals surface area (Å²) in [5.74, 6) is 2.62. The van der Waals surface area contributed by atoms with Crippen LogP contribution in [0.3, 0.4) is 0 Å². The average Bonchev–Trinajstić information content (AvgIpc) is 3.00. The number of nitrogens with zero attached hydrogens (tertiary/aromatic N) is 2. The lowest BCUT2D eigenvalue weighted by molar-refractivity contribution is -0.0170. The number of aliphatic hydroxyl groups is 1. The Kier molecular flexibility index (Phi) is 4.07. The zero-order valence-electron chi connectivity index (χ0n) is 17.5. The molecule has 5 heteroatoms. The van der Waals surface area contributed by atoms with Crippen molar-refractivity contribution in [3.8, 4) is 11.9 Å². The minimum Gasteiger partial charge on any atom is -0.481 e. The van der Waals surface area contributed by atoms with Crippen LogP contribution in [0.25, 0.3) is 0 Å². The monoisotopic (exact) mass is 384 g/mol. The van der Waals surface area contributed by atoms with Gasteiger partial charge in [0.15, 0.2) is 0 Å². The van der Waals surface area contributed by atoms with E-state index in [1.54, 1.807) is 14.2 Å². The Labute approximate surface area is 167 Å². The van der Waals surface area contributed by atoms with Gasteiger partial charge in [-0.15, -0.1) is 0 Å². The molecule has 2 saturated carbocycles. The van der Waals surface area contributed by atoms with Crippen LogP contribution >= 0.6 is 0 Å². The van der Waals surface area contributed by atoms with Crippen LogP contribution < -0.4 is 9.47 Å². The molecule has 1 N–H and O–H groups in total. The molecule has 0 amide bonds. The fraction of sp³-hybridized carbons (Fsp3) is 0.739. The molecule has 0 bridgehead atoms. The van der Waals surface area contributed by atoms with Crippen LogP contribution in [-0.2, 0) is 11.8 Å². The van der Waals surface area contributed by atoms with Crippen molar-refractivity contribution in [1.82, 2.24) is 9.97 Å². The Morgan fingerprint density at radius 2 is 1.79 bits per heavy atom. The largest absolute Gasteiger partial charge is 0.481 e. The maximum atomic E-state index is 10.2. The van der Waals surface area contributed by atoms with E-state index in [0.717, 1.165) is 44.2 Å². The average molecular weight is 385 g/mol. The summed E-state index contributed by atoms with van der Waals surface area (Å²) in [6.45, 7) is 4.87. The van der Waals surface area contributed by atoms with Crippen molar-refractivity contribution in [2.45, 2.75) is 70.3 Å². The Bertz CT molecular complexity index is 837. The van der Waals surface area contributed by atoms with E-state index in [4.69, 9.17) is 14.5 Å². The maximum Gasteiger partial charge on any atom is 0.319 e. The number of hydrogen-bond donors (Lipinski definition) is 1. The molecule has 0 unspecified atom stereocenters. The highest BCUT2D eigenvalue weighted by molar-refractivity contribution is 5.44. The van der Waals surface area contributed by atoms with Gasteiger partial charge in [-0.3, -0.25) is 0 Å². The van der Waals surface area contributed by atoms with Gasteiger partial charge >= 0.3 is 6.01 Å². The van der Waals surface area contributed by atoms with Gasteiger partial charge in [0.25, 0.3) is 0 Å². The molecule has 6 atom stereocenters.